The molecule has 0 spiro atoms. The molecule has 2 heterocycles. The van der Waals surface area contributed by atoms with Gasteiger partial charge in [0, 0.05) is 13.1 Å². The van der Waals surface area contributed by atoms with Crippen LogP contribution in [0, 0.1) is 5.41 Å². The fourth-order valence-corrected chi connectivity index (χ4v) is 2.58. The van der Waals surface area contributed by atoms with E-state index in [2.05, 4.69) is 20.6 Å². The molecule has 0 radical (unpaired) electrons. The van der Waals surface area contributed by atoms with Crippen LogP contribution in [0.1, 0.15) is 43.2 Å². The molecule has 1 aromatic rings. The number of H-pyrrole nitrogens is 1. The molecular formula is C11H17N5O3. The molecule has 0 saturated carbocycles. The number of rotatable bonds is 4. The third kappa shape index (κ3) is 2.56. The lowest BCUT2D eigenvalue weighted by molar-refractivity contribution is -0.152. The van der Waals surface area contributed by atoms with E-state index >= 15 is 0 Å². The number of hydrogen-bond acceptors (Lipinski definition) is 5. The van der Waals surface area contributed by atoms with Gasteiger partial charge in [-0.25, -0.2) is 0 Å². The van der Waals surface area contributed by atoms with Crippen LogP contribution < -0.4 is 0 Å². The van der Waals surface area contributed by atoms with Crippen molar-refractivity contribution < 1.29 is 14.7 Å². The van der Waals surface area contributed by atoms with E-state index in [9.17, 15) is 14.7 Å². The lowest BCUT2D eigenvalue weighted by Crippen LogP contribution is -2.46. The Morgan fingerprint density at radius 3 is 2.58 bits per heavy atom. The first-order valence-corrected chi connectivity index (χ1v) is 6.35. The number of tetrazole rings is 1. The van der Waals surface area contributed by atoms with Gasteiger partial charge in [0.25, 0.3) is 11.7 Å². The van der Waals surface area contributed by atoms with Crippen LogP contribution >= 0.6 is 0 Å². The number of aromatic amines is 1. The summed E-state index contributed by atoms with van der Waals surface area (Å²) >= 11 is 0. The van der Waals surface area contributed by atoms with Crippen LogP contribution in [0.5, 0.6) is 0 Å². The van der Waals surface area contributed by atoms with Crippen molar-refractivity contribution in [1.29, 1.82) is 0 Å². The van der Waals surface area contributed by atoms with Gasteiger partial charge in [-0.2, -0.15) is 5.21 Å². The van der Waals surface area contributed by atoms with Gasteiger partial charge in [0.05, 0.1) is 5.41 Å². The summed E-state index contributed by atoms with van der Waals surface area (Å²) in [4.78, 5) is 25.0. The number of aromatic nitrogens is 4. The molecule has 1 aromatic heterocycles. The molecule has 0 unspecified atom stereocenters. The monoisotopic (exact) mass is 267 g/mol. The maximum atomic E-state index is 12.0. The number of likely N-dealkylation sites (tertiary alicyclic amines) is 1. The Morgan fingerprint density at radius 2 is 2.11 bits per heavy atom. The van der Waals surface area contributed by atoms with Gasteiger partial charge in [0.15, 0.2) is 0 Å². The zero-order valence-electron chi connectivity index (χ0n) is 10.8. The van der Waals surface area contributed by atoms with Gasteiger partial charge in [-0.3, -0.25) is 9.59 Å². The highest BCUT2D eigenvalue weighted by Gasteiger charge is 2.41. The zero-order chi connectivity index (χ0) is 13.9. The fourth-order valence-electron chi connectivity index (χ4n) is 2.58. The van der Waals surface area contributed by atoms with Crippen molar-refractivity contribution in [3.05, 3.63) is 5.82 Å². The first kappa shape index (κ1) is 13.4. The summed E-state index contributed by atoms with van der Waals surface area (Å²) in [6.45, 7) is 2.81. The van der Waals surface area contributed by atoms with Crippen LogP contribution in [-0.4, -0.2) is 55.6 Å². The van der Waals surface area contributed by atoms with Gasteiger partial charge in [0.1, 0.15) is 0 Å². The minimum atomic E-state index is -0.763. The van der Waals surface area contributed by atoms with Crippen molar-refractivity contribution in [3.63, 3.8) is 0 Å². The molecule has 8 nitrogen and oxygen atoms in total. The Kier molecular flexibility index (Phi) is 3.77. The summed E-state index contributed by atoms with van der Waals surface area (Å²) in [6.07, 6.45) is 2.41. The normalized spacial score (nSPS) is 18.3. The quantitative estimate of drug-likeness (QED) is 0.811. The molecule has 0 atom stereocenters. The average molecular weight is 267 g/mol. The number of amides is 1. The lowest BCUT2D eigenvalue weighted by Gasteiger charge is -2.38. The van der Waals surface area contributed by atoms with Crippen LogP contribution in [0.15, 0.2) is 0 Å². The van der Waals surface area contributed by atoms with E-state index in [-0.39, 0.29) is 11.7 Å². The zero-order valence-corrected chi connectivity index (χ0v) is 10.8. The number of hydrogen-bond donors (Lipinski definition) is 2. The minimum Gasteiger partial charge on any atom is -0.481 e. The summed E-state index contributed by atoms with van der Waals surface area (Å²) in [5, 5.41) is 22.3. The number of aliphatic carboxylic acids is 1. The van der Waals surface area contributed by atoms with Crippen LogP contribution in [0.3, 0.4) is 0 Å². The van der Waals surface area contributed by atoms with E-state index < -0.39 is 11.4 Å². The Balaban J connectivity index is 2.02. The highest BCUT2D eigenvalue weighted by atomic mass is 16.4. The summed E-state index contributed by atoms with van der Waals surface area (Å²) in [6, 6.07) is 0. The van der Waals surface area contributed by atoms with E-state index in [1.54, 1.807) is 4.90 Å². The number of nitrogens with one attached hydrogen (secondary N) is 1. The first-order chi connectivity index (χ1) is 9.09. The molecule has 1 saturated heterocycles. The van der Waals surface area contributed by atoms with Crippen molar-refractivity contribution in [3.8, 4) is 0 Å². The maximum absolute atomic E-state index is 12.0. The number of carboxylic acids is 1. The van der Waals surface area contributed by atoms with Gasteiger partial charge in [-0.15, -0.1) is 10.2 Å². The molecule has 8 heteroatoms. The van der Waals surface area contributed by atoms with Crippen molar-refractivity contribution in [1.82, 2.24) is 25.5 Å². The largest absolute Gasteiger partial charge is 0.481 e. The standard InChI is InChI=1S/C11H17N5O3/c1-2-3-11(10(18)19)4-6-16(7-5-11)9(17)8-12-14-15-13-8/h2-7H2,1H3,(H,18,19)(H,12,13,14,15). The molecule has 1 aliphatic heterocycles. The highest BCUT2D eigenvalue weighted by Crippen LogP contribution is 2.36. The number of piperidine rings is 1. The van der Waals surface area contributed by atoms with Gasteiger partial charge in [-0.05, 0) is 24.5 Å². The van der Waals surface area contributed by atoms with Gasteiger partial charge < -0.3 is 10.0 Å². The van der Waals surface area contributed by atoms with E-state index in [4.69, 9.17) is 0 Å². The smallest absolute Gasteiger partial charge is 0.309 e. The molecule has 2 N–H and O–H groups in total. The fraction of sp³-hybridized carbons (Fsp3) is 0.727. The Hall–Kier alpha value is -1.99. The second-order valence-corrected chi connectivity index (χ2v) is 4.86. The molecule has 1 amide bonds. The molecule has 1 aliphatic rings. The molecule has 104 valence electrons. The second kappa shape index (κ2) is 5.33. The van der Waals surface area contributed by atoms with Crippen LogP contribution in [0.2, 0.25) is 0 Å². The van der Waals surface area contributed by atoms with E-state index in [1.807, 2.05) is 6.92 Å². The van der Waals surface area contributed by atoms with Crippen LogP contribution in [-0.2, 0) is 4.79 Å². The molecule has 0 bridgehead atoms. The van der Waals surface area contributed by atoms with Crippen molar-refractivity contribution in [2.24, 2.45) is 5.41 Å². The molecule has 0 aromatic carbocycles. The van der Waals surface area contributed by atoms with Gasteiger partial charge >= 0.3 is 5.97 Å². The summed E-state index contributed by atoms with van der Waals surface area (Å²) in [5.41, 5.74) is -0.692. The minimum absolute atomic E-state index is 0.0262. The predicted octanol–water partition coefficient (Wildman–Crippen LogP) is 0.307. The molecular weight excluding hydrogens is 250 g/mol. The van der Waals surface area contributed by atoms with Gasteiger partial charge in [-0.1, -0.05) is 13.3 Å². The van der Waals surface area contributed by atoms with Crippen molar-refractivity contribution in [2.75, 3.05) is 13.1 Å². The lowest BCUT2D eigenvalue weighted by atomic mass is 9.75. The average Bonchev–Trinajstić information content (AvgIpc) is 2.93. The second-order valence-electron chi connectivity index (χ2n) is 4.86. The highest BCUT2D eigenvalue weighted by molar-refractivity contribution is 5.90. The number of carbonyl (C=O) groups excluding carboxylic acids is 1. The third-order valence-electron chi connectivity index (χ3n) is 3.73. The van der Waals surface area contributed by atoms with E-state index in [0.717, 1.165) is 6.42 Å². The SMILES string of the molecule is CCCC1(C(=O)O)CCN(C(=O)c2nn[nH]n2)CC1. The predicted molar refractivity (Wildman–Crippen MR) is 64.3 cm³/mol. The molecule has 19 heavy (non-hydrogen) atoms. The molecule has 2 rings (SSSR count). The van der Waals surface area contributed by atoms with E-state index in [0.29, 0.717) is 32.4 Å². The number of carbonyl (C=O) groups is 2. The topological polar surface area (TPSA) is 112 Å². The maximum Gasteiger partial charge on any atom is 0.309 e. The van der Waals surface area contributed by atoms with E-state index in [1.165, 1.54) is 0 Å². The van der Waals surface area contributed by atoms with Crippen LogP contribution in [0.25, 0.3) is 0 Å². The summed E-state index contributed by atoms with van der Waals surface area (Å²) < 4.78 is 0. The Bertz CT molecular complexity index is 451. The summed E-state index contributed by atoms with van der Waals surface area (Å²) in [7, 11) is 0. The molecule has 1 fully saturated rings. The number of nitrogens with zero attached hydrogens (tertiary/aromatic N) is 4. The third-order valence-corrected chi connectivity index (χ3v) is 3.73. The van der Waals surface area contributed by atoms with Gasteiger partial charge in [0.2, 0.25) is 0 Å². The summed E-state index contributed by atoms with van der Waals surface area (Å²) in [5.74, 6) is -1.04. The Morgan fingerprint density at radius 1 is 1.42 bits per heavy atom. The van der Waals surface area contributed by atoms with Crippen molar-refractivity contribution in [2.45, 2.75) is 32.6 Å². The number of carboxylic acid groups (broad SMARTS) is 1. The van der Waals surface area contributed by atoms with Crippen LogP contribution in [0.4, 0.5) is 0 Å². The molecule has 0 aliphatic carbocycles. The van der Waals surface area contributed by atoms with Crippen molar-refractivity contribution >= 4 is 11.9 Å². The Labute approximate surface area is 110 Å². The first-order valence-electron chi connectivity index (χ1n) is 6.35.